The average molecular weight is 248 g/mol. The second-order valence-electron chi connectivity index (χ2n) is 3.38. The molecule has 2 rings (SSSR count). The van der Waals surface area contributed by atoms with E-state index in [4.69, 9.17) is 17.0 Å². The summed E-state index contributed by atoms with van der Waals surface area (Å²) in [6.07, 6.45) is 0. The molecule has 0 radical (unpaired) electrons. The van der Waals surface area contributed by atoms with Gasteiger partial charge in [-0.2, -0.15) is 0 Å². The molecule has 0 fully saturated rings. The summed E-state index contributed by atoms with van der Waals surface area (Å²) >= 11 is 10.1. The second kappa shape index (κ2) is 4.73. The lowest BCUT2D eigenvalue weighted by atomic mass is 10.0. The van der Waals surface area contributed by atoms with Gasteiger partial charge in [-0.25, -0.2) is 0 Å². The summed E-state index contributed by atoms with van der Waals surface area (Å²) in [6, 6.07) is 15.6. The van der Waals surface area contributed by atoms with Crippen molar-refractivity contribution in [3.05, 3.63) is 54.1 Å². The van der Waals surface area contributed by atoms with Crippen LogP contribution in [0.1, 0.15) is 5.56 Å². The molecule has 0 amide bonds. The van der Waals surface area contributed by atoms with Gasteiger partial charge in [0.05, 0.1) is 0 Å². The number of hydrogen-bond acceptors (Lipinski definition) is 2. The first kappa shape index (κ1) is 11.2. The molecule has 0 aliphatic rings. The Morgan fingerprint density at radius 1 is 1.00 bits per heavy atom. The maximum absolute atomic E-state index is 7.45. The van der Waals surface area contributed by atoms with Gasteiger partial charge in [0.2, 0.25) is 0 Å². The molecular weight excluding hydrogens is 238 g/mol. The number of nitrogens with one attached hydrogen (secondary N) is 1. The highest BCUT2D eigenvalue weighted by Gasteiger charge is 2.08. The van der Waals surface area contributed by atoms with Gasteiger partial charge in [0, 0.05) is 10.5 Å². The van der Waals surface area contributed by atoms with Gasteiger partial charge in [-0.1, -0.05) is 60.1 Å². The molecule has 3 heteroatoms. The van der Waals surface area contributed by atoms with Crippen molar-refractivity contribution in [2.45, 2.75) is 4.90 Å². The summed E-state index contributed by atoms with van der Waals surface area (Å²) in [5.74, 6) is 0. The smallest absolute Gasteiger partial charge is 0.129 e. The minimum Gasteiger partial charge on any atom is -0.289 e. The SMILES string of the molecule is N=C(Cl)c1cccc(-c2ccccc2)c1S. The molecule has 0 aliphatic carbocycles. The van der Waals surface area contributed by atoms with E-state index in [1.807, 2.05) is 42.5 Å². The van der Waals surface area contributed by atoms with Gasteiger partial charge in [-0.15, -0.1) is 12.6 Å². The van der Waals surface area contributed by atoms with Crippen LogP contribution in [0.2, 0.25) is 0 Å². The highest BCUT2D eigenvalue weighted by molar-refractivity contribution is 7.80. The fraction of sp³-hybridized carbons (Fsp3) is 0. The van der Waals surface area contributed by atoms with E-state index in [0.717, 1.165) is 16.0 Å². The van der Waals surface area contributed by atoms with E-state index in [2.05, 4.69) is 12.6 Å². The van der Waals surface area contributed by atoms with E-state index in [-0.39, 0.29) is 5.17 Å². The highest BCUT2D eigenvalue weighted by Crippen LogP contribution is 2.29. The quantitative estimate of drug-likeness (QED) is 0.587. The summed E-state index contributed by atoms with van der Waals surface area (Å²) < 4.78 is 0. The predicted molar refractivity (Wildman–Crippen MR) is 71.8 cm³/mol. The van der Waals surface area contributed by atoms with Crippen LogP contribution in [0, 0.1) is 5.41 Å². The maximum atomic E-state index is 7.45. The molecular formula is C13H10ClNS. The van der Waals surface area contributed by atoms with Gasteiger partial charge < -0.3 is 0 Å². The lowest BCUT2D eigenvalue weighted by Crippen LogP contribution is -1.92. The van der Waals surface area contributed by atoms with Gasteiger partial charge >= 0.3 is 0 Å². The normalized spacial score (nSPS) is 10.1. The number of halogens is 1. The molecule has 0 saturated heterocycles. The molecule has 1 N–H and O–H groups in total. The summed E-state index contributed by atoms with van der Waals surface area (Å²) in [6.45, 7) is 0. The van der Waals surface area contributed by atoms with Crippen LogP contribution >= 0.6 is 24.2 Å². The lowest BCUT2D eigenvalue weighted by Gasteiger charge is -2.08. The Kier molecular flexibility index (Phi) is 3.32. The summed E-state index contributed by atoms with van der Waals surface area (Å²) in [4.78, 5) is 0.744. The van der Waals surface area contributed by atoms with Crippen LogP contribution in [0.5, 0.6) is 0 Å². The Morgan fingerprint density at radius 2 is 1.69 bits per heavy atom. The minimum atomic E-state index is 0.0165. The van der Waals surface area contributed by atoms with E-state index >= 15 is 0 Å². The maximum Gasteiger partial charge on any atom is 0.129 e. The van der Waals surface area contributed by atoms with E-state index in [0.29, 0.717) is 5.56 Å². The van der Waals surface area contributed by atoms with E-state index < -0.39 is 0 Å². The van der Waals surface area contributed by atoms with Crippen molar-refractivity contribution in [1.29, 1.82) is 5.41 Å². The van der Waals surface area contributed by atoms with Gasteiger partial charge in [-0.05, 0) is 11.1 Å². The van der Waals surface area contributed by atoms with Crippen molar-refractivity contribution in [2.75, 3.05) is 0 Å². The van der Waals surface area contributed by atoms with Crippen molar-refractivity contribution < 1.29 is 0 Å². The Balaban J connectivity index is 2.59. The van der Waals surface area contributed by atoms with Crippen LogP contribution < -0.4 is 0 Å². The summed E-state index contributed by atoms with van der Waals surface area (Å²) in [5, 5.41) is 7.47. The molecule has 16 heavy (non-hydrogen) atoms. The fourth-order valence-corrected chi connectivity index (χ4v) is 2.18. The number of rotatable bonds is 2. The molecule has 2 aromatic rings. The van der Waals surface area contributed by atoms with Gasteiger partial charge in [0.1, 0.15) is 5.17 Å². The summed E-state index contributed by atoms with van der Waals surface area (Å²) in [5.41, 5.74) is 2.73. The Bertz CT molecular complexity index is 523. The van der Waals surface area contributed by atoms with E-state index in [1.54, 1.807) is 6.07 Å². The molecule has 0 atom stereocenters. The first-order valence-corrected chi connectivity index (χ1v) is 5.64. The highest BCUT2D eigenvalue weighted by atomic mass is 35.5. The van der Waals surface area contributed by atoms with Crippen LogP contribution in [-0.4, -0.2) is 5.17 Å². The molecule has 0 saturated carbocycles. The molecule has 0 heterocycles. The zero-order chi connectivity index (χ0) is 11.5. The number of benzene rings is 2. The third-order valence-electron chi connectivity index (χ3n) is 2.36. The molecule has 80 valence electrons. The summed E-state index contributed by atoms with van der Waals surface area (Å²) in [7, 11) is 0. The molecule has 0 aliphatic heterocycles. The molecule has 0 aromatic heterocycles. The number of hydrogen-bond donors (Lipinski definition) is 2. The average Bonchev–Trinajstić information content (AvgIpc) is 2.30. The lowest BCUT2D eigenvalue weighted by molar-refractivity contribution is 1.40. The zero-order valence-electron chi connectivity index (χ0n) is 8.44. The third-order valence-corrected chi connectivity index (χ3v) is 3.04. The first-order chi connectivity index (χ1) is 7.70. The fourth-order valence-electron chi connectivity index (χ4n) is 1.57. The third kappa shape index (κ3) is 2.13. The molecule has 0 unspecified atom stereocenters. The van der Waals surface area contributed by atoms with Crippen molar-refractivity contribution in [3.8, 4) is 11.1 Å². The van der Waals surface area contributed by atoms with Crippen LogP contribution in [0.4, 0.5) is 0 Å². The minimum absolute atomic E-state index is 0.0165. The van der Waals surface area contributed by atoms with Crippen molar-refractivity contribution >= 4 is 29.4 Å². The van der Waals surface area contributed by atoms with E-state index in [9.17, 15) is 0 Å². The van der Waals surface area contributed by atoms with E-state index in [1.165, 1.54) is 0 Å². The monoisotopic (exact) mass is 247 g/mol. The van der Waals surface area contributed by atoms with Crippen LogP contribution in [0.25, 0.3) is 11.1 Å². The van der Waals surface area contributed by atoms with Crippen molar-refractivity contribution in [1.82, 2.24) is 0 Å². The Labute approximate surface area is 105 Å². The second-order valence-corrected chi connectivity index (χ2v) is 4.21. The largest absolute Gasteiger partial charge is 0.289 e. The van der Waals surface area contributed by atoms with Gasteiger partial charge in [-0.3, -0.25) is 5.41 Å². The Morgan fingerprint density at radius 3 is 2.31 bits per heavy atom. The van der Waals surface area contributed by atoms with Crippen molar-refractivity contribution in [3.63, 3.8) is 0 Å². The molecule has 1 nitrogen and oxygen atoms in total. The molecule has 2 aromatic carbocycles. The first-order valence-electron chi connectivity index (χ1n) is 4.82. The predicted octanol–water partition coefficient (Wildman–Crippen LogP) is 4.21. The standard InChI is InChI=1S/C13H10ClNS/c14-13(15)11-8-4-7-10(12(11)16)9-5-2-1-3-6-9/h1-8,15-16H. The van der Waals surface area contributed by atoms with Crippen LogP contribution in [0.15, 0.2) is 53.4 Å². The van der Waals surface area contributed by atoms with Crippen molar-refractivity contribution in [2.24, 2.45) is 0 Å². The molecule has 0 bridgehead atoms. The number of thiol groups is 1. The van der Waals surface area contributed by atoms with Gasteiger partial charge in [0.25, 0.3) is 0 Å². The topological polar surface area (TPSA) is 23.9 Å². The molecule has 0 spiro atoms. The van der Waals surface area contributed by atoms with Crippen LogP contribution in [-0.2, 0) is 0 Å². The Hall–Kier alpha value is -1.25. The van der Waals surface area contributed by atoms with Crippen LogP contribution in [0.3, 0.4) is 0 Å². The van der Waals surface area contributed by atoms with Gasteiger partial charge in [0.15, 0.2) is 0 Å². The zero-order valence-corrected chi connectivity index (χ0v) is 10.1.